The highest BCUT2D eigenvalue weighted by molar-refractivity contribution is 7.15. The average molecular weight is 335 g/mol. The van der Waals surface area contributed by atoms with E-state index in [-0.39, 0.29) is 0 Å². The van der Waals surface area contributed by atoms with Crippen LogP contribution in [-0.2, 0) is 11.3 Å². The fourth-order valence-corrected chi connectivity index (χ4v) is 3.76. The number of imidazole rings is 1. The van der Waals surface area contributed by atoms with Gasteiger partial charge in [0.05, 0.1) is 12.2 Å². The minimum absolute atomic E-state index is 0.380. The summed E-state index contributed by atoms with van der Waals surface area (Å²) in [6, 6.07) is 0. The first-order valence-corrected chi connectivity index (χ1v) is 8.97. The van der Waals surface area contributed by atoms with Gasteiger partial charge in [-0.25, -0.2) is 4.98 Å². The van der Waals surface area contributed by atoms with Crippen molar-refractivity contribution in [2.45, 2.75) is 32.2 Å². The number of thiazole rings is 1. The molecule has 1 aliphatic carbocycles. The lowest BCUT2D eigenvalue weighted by Crippen LogP contribution is -2.46. The van der Waals surface area contributed by atoms with Crippen molar-refractivity contribution in [2.75, 3.05) is 27.3 Å². The Labute approximate surface area is 141 Å². The maximum absolute atomic E-state index is 5.25. The van der Waals surface area contributed by atoms with Crippen LogP contribution in [0.25, 0.3) is 4.96 Å². The fraction of sp³-hybridized carbons (Fsp3) is 0.625. The van der Waals surface area contributed by atoms with Gasteiger partial charge in [0.15, 0.2) is 10.9 Å². The molecule has 2 heterocycles. The lowest BCUT2D eigenvalue weighted by Gasteiger charge is -2.42. The number of hydrogen-bond donors (Lipinski definition) is 2. The number of hydrogen-bond acceptors (Lipinski definition) is 4. The molecular formula is C16H25N5OS. The molecule has 2 aromatic heterocycles. The van der Waals surface area contributed by atoms with Gasteiger partial charge in [-0.15, -0.1) is 11.3 Å². The van der Waals surface area contributed by atoms with Crippen LogP contribution >= 0.6 is 11.3 Å². The SMILES string of the molecule is CN=C(NCc1cn2ccsc2n1)NCC1(CCOC)CCC1. The molecule has 0 amide bonds. The standard InChI is InChI=1S/C16H25N5OS/c1-17-14(19-12-16(4-3-5-16)6-8-22-2)18-10-13-11-21-7-9-23-15(21)20-13/h7,9,11H,3-6,8,10,12H2,1-2H3,(H2,17,18,19). The summed E-state index contributed by atoms with van der Waals surface area (Å²) in [7, 11) is 3.58. The molecule has 1 fully saturated rings. The molecule has 0 unspecified atom stereocenters. The van der Waals surface area contributed by atoms with E-state index in [0.29, 0.717) is 12.0 Å². The average Bonchev–Trinajstić information content (AvgIpc) is 3.10. The molecule has 0 saturated heterocycles. The van der Waals surface area contributed by atoms with Gasteiger partial charge in [-0.3, -0.25) is 9.39 Å². The molecular weight excluding hydrogens is 310 g/mol. The molecule has 0 spiro atoms. The van der Waals surface area contributed by atoms with Gasteiger partial charge in [-0.1, -0.05) is 6.42 Å². The zero-order valence-electron chi connectivity index (χ0n) is 13.8. The first-order valence-electron chi connectivity index (χ1n) is 8.09. The van der Waals surface area contributed by atoms with Gasteiger partial charge in [0.25, 0.3) is 0 Å². The molecule has 1 aliphatic rings. The molecule has 2 N–H and O–H groups in total. The first-order chi connectivity index (χ1) is 11.2. The van der Waals surface area contributed by atoms with Gasteiger partial charge in [0, 0.05) is 45.1 Å². The fourth-order valence-electron chi connectivity index (χ4n) is 3.04. The molecule has 7 heteroatoms. The van der Waals surface area contributed by atoms with Crippen molar-refractivity contribution in [3.63, 3.8) is 0 Å². The Bertz CT molecular complexity index is 630. The number of methoxy groups -OCH3 is 1. The van der Waals surface area contributed by atoms with Gasteiger partial charge in [-0.2, -0.15) is 0 Å². The normalized spacial score (nSPS) is 17.2. The minimum Gasteiger partial charge on any atom is -0.385 e. The molecule has 126 valence electrons. The number of guanidine groups is 1. The third-order valence-electron chi connectivity index (χ3n) is 4.69. The van der Waals surface area contributed by atoms with Crippen molar-refractivity contribution >= 4 is 22.3 Å². The van der Waals surface area contributed by atoms with Crippen LogP contribution in [-0.4, -0.2) is 42.7 Å². The maximum atomic E-state index is 5.25. The van der Waals surface area contributed by atoms with E-state index < -0.39 is 0 Å². The monoisotopic (exact) mass is 335 g/mol. The summed E-state index contributed by atoms with van der Waals surface area (Å²) in [6.45, 7) is 2.46. The quantitative estimate of drug-likeness (QED) is 0.602. The van der Waals surface area contributed by atoms with Gasteiger partial charge in [-0.05, 0) is 24.7 Å². The summed E-state index contributed by atoms with van der Waals surface area (Å²) in [5.41, 5.74) is 1.41. The number of aliphatic imine (C=N–C) groups is 1. The van der Waals surface area contributed by atoms with Gasteiger partial charge >= 0.3 is 0 Å². The largest absolute Gasteiger partial charge is 0.385 e. The van der Waals surface area contributed by atoms with E-state index in [4.69, 9.17) is 4.74 Å². The topological polar surface area (TPSA) is 63.0 Å². The smallest absolute Gasteiger partial charge is 0.193 e. The Morgan fingerprint density at radius 3 is 3.00 bits per heavy atom. The van der Waals surface area contributed by atoms with Crippen molar-refractivity contribution < 1.29 is 4.74 Å². The molecule has 0 aliphatic heterocycles. The van der Waals surface area contributed by atoms with Gasteiger partial charge in [0.1, 0.15) is 0 Å². The van der Waals surface area contributed by atoms with Gasteiger partial charge in [0.2, 0.25) is 0 Å². The second-order valence-corrected chi connectivity index (χ2v) is 7.07. The zero-order chi connectivity index (χ0) is 16.1. The summed E-state index contributed by atoms with van der Waals surface area (Å²) < 4.78 is 7.30. The number of ether oxygens (including phenoxy) is 1. The van der Waals surface area contributed by atoms with Crippen LogP contribution in [0.5, 0.6) is 0 Å². The molecule has 1 saturated carbocycles. The summed E-state index contributed by atoms with van der Waals surface area (Å²) in [5.74, 6) is 0.838. The Kier molecular flexibility index (Phi) is 5.17. The number of nitrogens with zero attached hydrogens (tertiary/aromatic N) is 3. The summed E-state index contributed by atoms with van der Waals surface area (Å²) in [5, 5.41) is 8.86. The lowest BCUT2D eigenvalue weighted by molar-refractivity contribution is 0.0732. The Morgan fingerprint density at radius 1 is 1.48 bits per heavy atom. The van der Waals surface area contributed by atoms with E-state index in [1.165, 1.54) is 19.3 Å². The van der Waals surface area contributed by atoms with E-state index >= 15 is 0 Å². The molecule has 2 aromatic rings. The Balaban J connectivity index is 1.49. The minimum atomic E-state index is 0.380. The molecule has 3 rings (SSSR count). The van der Waals surface area contributed by atoms with Crippen LogP contribution < -0.4 is 10.6 Å². The molecule has 6 nitrogen and oxygen atoms in total. The first kappa shape index (κ1) is 16.3. The highest BCUT2D eigenvalue weighted by Gasteiger charge is 2.36. The second kappa shape index (κ2) is 7.31. The highest BCUT2D eigenvalue weighted by Crippen LogP contribution is 2.43. The van der Waals surface area contributed by atoms with Crippen molar-refractivity contribution in [2.24, 2.45) is 10.4 Å². The molecule has 0 bridgehead atoms. The van der Waals surface area contributed by atoms with E-state index in [1.807, 2.05) is 23.0 Å². The van der Waals surface area contributed by atoms with Crippen molar-refractivity contribution in [1.82, 2.24) is 20.0 Å². The number of fused-ring (bicyclic) bond motifs is 1. The Hall–Kier alpha value is -1.60. The maximum Gasteiger partial charge on any atom is 0.193 e. The molecule has 0 atom stereocenters. The van der Waals surface area contributed by atoms with E-state index in [2.05, 4.69) is 26.8 Å². The van der Waals surface area contributed by atoms with Crippen molar-refractivity contribution in [3.05, 3.63) is 23.5 Å². The molecule has 0 aromatic carbocycles. The van der Waals surface area contributed by atoms with Crippen LogP contribution in [0.1, 0.15) is 31.4 Å². The molecule has 0 radical (unpaired) electrons. The third-order valence-corrected chi connectivity index (χ3v) is 5.46. The Morgan fingerprint density at radius 2 is 2.35 bits per heavy atom. The van der Waals surface area contributed by atoms with Crippen LogP contribution in [0.2, 0.25) is 0 Å². The lowest BCUT2D eigenvalue weighted by atomic mass is 9.67. The van der Waals surface area contributed by atoms with Crippen molar-refractivity contribution in [1.29, 1.82) is 0 Å². The summed E-state index contributed by atoms with van der Waals surface area (Å²) >= 11 is 1.65. The summed E-state index contributed by atoms with van der Waals surface area (Å²) in [6.07, 6.45) is 9.07. The highest BCUT2D eigenvalue weighted by atomic mass is 32.1. The van der Waals surface area contributed by atoms with E-state index in [0.717, 1.165) is 36.2 Å². The zero-order valence-corrected chi connectivity index (χ0v) is 14.7. The van der Waals surface area contributed by atoms with Crippen LogP contribution in [0.3, 0.4) is 0 Å². The predicted octanol–water partition coefficient (Wildman–Crippen LogP) is 2.27. The van der Waals surface area contributed by atoms with E-state index in [9.17, 15) is 0 Å². The van der Waals surface area contributed by atoms with Crippen molar-refractivity contribution in [3.8, 4) is 0 Å². The van der Waals surface area contributed by atoms with Crippen LogP contribution in [0, 0.1) is 5.41 Å². The van der Waals surface area contributed by atoms with Crippen LogP contribution in [0.4, 0.5) is 0 Å². The second-order valence-electron chi connectivity index (χ2n) is 6.20. The third kappa shape index (κ3) is 3.84. The number of nitrogens with one attached hydrogen (secondary N) is 2. The molecule has 23 heavy (non-hydrogen) atoms. The van der Waals surface area contributed by atoms with E-state index in [1.54, 1.807) is 18.4 Å². The predicted molar refractivity (Wildman–Crippen MR) is 94.0 cm³/mol. The van der Waals surface area contributed by atoms with Crippen LogP contribution in [0.15, 0.2) is 22.8 Å². The van der Waals surface area contributed by atoms with Gasteiger partial charge < -0.3 is 15.4 Å². The number of rotatable bonds is 7. The summed E-state index contributed by atoms with van der Waals surface area (Å²) in [4.78, 5) is 9.92. The number of aromatic nitrogens is 2.